The summed E-state index contributed by atoms with van der Waals surface area (Å²) < 4.78 is 28.5. The second kappa shape index (κ2) is 4.94. The molecule has 0 fully saturated rings. The molecule has 0 aliphatic carbocycles. The predicted octanol–water partition coefficient (Wildman–Crippen LogP) is 1.54. The third kappa shape index (κ3) is 2.70. The molecule has 7 nitrogen and oxygen atoms in total. The summed E-state index contributed by atoms with van der Waals surface area (Å²) in [5.41, 5.74) is 0. The SMILES string of the molecule is Cn1nccc1S(=O)(=O)Nc1ncc(Br)nc1Br. The minimum atomic E-state index is -3.73. The summed E-state index contributed by atoms with van der Waals surface area (Å²) in [6.07, 6.45) is 2.79. The average Bonchev–Trinajstić information content (AvgIpc) is 2.69. The van der Waals surface area contributed by atoms with Crippen LogP contribution < -0.4 is 4.72 Å². The van der Waals surface area contributed by atoms with Crippen LogP contribution in [-0.4, -0.2) is 28.2 Å². The second-order valence-corrected chi connectivity index (χ2v) is 6.42. The largest absolute Gasteiger partial charge is 0.280 e. The molecule has 0 saturated carbocycles. The molecule has 0 amide bonds. The maximum absolute atomic E-state index is 12.0. The Morgan fingerprint density at radius 3 is 2.67 bits per heavy atom. The molecular weight excluding hydrogens is 390 g/mol. The van der Waals surface area contributed by atoms with Crippen molar-refractivity contribution in [2.75, 3.05) is 4.72 Å². The van der Waals surface area contributed by atoms with Gasteiger partial charge in [-0.05, 0) is 37.9 Å². The van der Waals surface area contributed by atoms with E-state index in [1.54, 1.807) is 0 Å². The molecule has 0 atom stereocenters. The zero-order valence-corrected chi connectivity index (χ0v) is 13.0. The standard InChI is InChI=1S/C8H7Br2N5O2S/c1-15-6(2-3-12-15)18(16,17)14-8-7(10)13-5(9)4-11-8/h2-4H,1H3,(H,11,14). The molecule has 2 heterocycles. The van der Waals surface area contributed by atoms with Gasteiger partial charge in [0.25, 0.3) is 10.0 Å². The molecule has 0 aliphatic rings. The lowest BCUT2D eigenvalue weighted by atomic mass is 10.7. The van der Waals surface area contributed by atoms with Crippen LogP contribution in [-0.2, 0) is 17.1 Å². The number of nitrogens with zero attached hydrogens (tertiary/aromatic N) is 4. The van der Waals surface area contributed by atoms with Crippen molar-refractivity contribution in [3.63, 3.8) is 0 Å². The van der Waals surface area contributed by atoms with Crippen LogP contribution in [0.25, 0.3) is 0 Å². The van der Waals surface area contributed by atoms with Gasteiger partial charge in [-0.15, -0.1) is 0 Å². The van der Waals surface area contributed by atoms with Crippen molar-refractivity contribution in [3.05, 3.63) is 27.7 Å². The van der Waals surface area contributed by atoms with E-state index in [0.29, 0.717) is 9.21 Å². The Bertz CT molecular complexity index is 685. The highest BCUT2D eigenvalue weighted by molar-refractivity contribution is 9.11. The fourth-order valence-electron chi connectivity index (χ4n) is 1.22. The van der Waals surface area contributed by atoms with Gasteiger partial charge < -0.3 is 0 Å². The number of rotatable bonds is 3. The molecule has 0 aliphatic heterocycles. The van der Waals surface area contributed by atoms with E-state index in [4.69, 9.17) is 0 Å². The molecular formula is C8H7Br2N5O2S. The van der Waals surface area contributed by atoms with Crippen LogP contribution in [0.3, 0.4) is 0 Å². The molecule has 0 unspecified atom stereocenters. The van der Waals surface area contributed by atoms with Crippen molar-refractivity contribution in [3.8, 4) is 0 Å². The molecule has 0 saturated heterocycles. The molecule has 0 spiro atoms. The maximum atomic E-state index is 12.0. The topological polar surface area (TPSA) is 89.8 Å². The molecule has 2 aromatic rings. The minimum absolute atomic E-state index is 0.0409. The smallest absolute Gasteiger partial charge is 0.260 e. The van der Waals surface area contributed by atoms with Crippen molar-refractivity contribution in [1.82, 2.24) is 19.7 Å². The van der Waals surface area contributed by atoms with E-state index in [1.807, 2.05) is 0 Å². The van der Waals surface area contributed by atoms with Crippen molar-refractivity contribution in [2.45, 2.75) is 5.03 Å². The van der Waals surface area contributed by atoms with E-state index in [0.717, 1.165) is 0 Å². The van der Waals surface area contributed by atoms with Crippen LogP contribution in [0.2, 0.25) is 0 Å². The first-order valence-corrected chi connectivity index (χ1v) is 7.66. The number of aromatic nitrogens is 4. The quantitative estimate of drug-likeness (QED) is 0.849. The molecule has 1 N–H and O–H groups in total. The average molecular weight is 397 g/mol. The Morgan fingerprint density at radius 1 is 1.39 bits per heavy atom. The van der Waals surface area contributed by atoms with Gasteiger partial charge >= 0.3 is 0 Å². The van der Waals surface area contributed by atoms with E-state index < -0.39 is 10.0 Å². The van der Waals surface area contributed by atoms with Crippen molar-refractivity contribution in [1.29, 1.82) is 0 Å². The Labute approximate surface area is 120 Å². The zero-order chi connectivity index (χ0) is 13.3. The highest BCUT2D eigenvalue weighted by atomic mass is 79.9. The zero-order valence-electron chi connectivity index (χ0n) is 9.00. The first kappa shape index (κ1) is 13.4. The van der Waals surface area contributed by atoms with Gasteiger partial charge in [-0.2, -0.15) is 13.5 Å². The number of sulfonamides is 1. The lowest BCUT2D eigenvalue weighted by molar-refractivity contribution is 0.582. The summed E-state index contributed by atoms with van der Waals surface area (Å²) in [7, 11) is -2.19. The summed E-state index contributed by atoms with van der Waals surface area (Å²) in [4.78, 5) is 7.91. The number of aryl methyl sites for hydroxylation is 1. The molecule has 2 aromatic heterocycles. The van der Waals surface area contributed by atoms with Crippen LogP contribution in [0.4, 0.5) is 5.82 Å². The van der Waals surface area contributed by atoms with E-state index in [9.17, 15) is 8.42 Å². The normalized spacial score (nSPS) is 11.5. The van der Waals surface area contributed by atoms with Gasteiger partial charge in [0.15, 0.2) is 15.4 Å². The fourth-order valence-corrected chi connectivity index (χ4v) is 3.40. The number of halogens is 2. The van der Waals surface area contributed by atoms with E-state index in [-0.39, 0.29) is 10.8 Å². The van der Waals surface area contributed by atoms with E-state index in [1.165, 1.54) is 30.2 Å². The van der Waals surface area contributed by atoms with Crippen LogP contribution >= 0.6 is 31.9 Å². The van der Waals surface area contributed by atoms with Gasteiger partial charge in [-0.25, -0.2) is 9.97 Å². The minimum Gasteiger partial charge on any atom is -0.260 e. The molecule has 10 heteroatoms. The fraction of sp³-hybridized carbons (Fsp3) is 0.125. The Hall–Kier alpha value is -1.00. The first-order valence-electron chi connectivity index (χ1n) is 4.59. The van der Waals surface area contributed by atoms with E-state index >= 15 is 0 Å². The number of nitrogens with one attached hydrogen (secondary N) is 1. The maximum Gasteiger partial charge on any atom is 0.280 e. The summed E-state index contributed by atoms with van der Waals surface area (Å²) in [5, 5.41) is 3.84. The Kier molecular flexibility index (Phi) is 3.69. The van der Waals surface area contributed by atoms with Gasteiger partial charge in [0.1, 0.15) is 4.60 Å². The van der Waals surface area contributed by atoms with Crippen LogP contribution in [0.15, 0.2) is 32.7 Å². The van der Waals surface area contributed by atoms with Crippen molar-refractivity contribution in [2.24, 2.45) is 7.05 Å². The van der Waals surface area contributed by atoms with Crippen LogP contribution in [0.5, 0.6) is 0 Å². The van der Waals surface area contributed by atoms with Gasteiger partial charge in [-0.1, -0.05) is 0 Å². The molecule has 0 bridgehead atoms. The summed E-state index contributed by atoms with van der Waals surface area (Å²) >= 11 is 6.26. The number of hydrogen-bond acceptors (Lipinski definition) is 5. The molecule has 0 aromatic carbocycles. The Morgan fingerprint density at radius 2 is 2.11 bits per heavy atom. The second-order valence-electron chi connectivity index (χ2n) is 3.23. The van der Waals surface area contributed by atoms with Gasteiger partial charge in [0.05, 0.1) is 12.4 Å². The van der Waals surface area contributed by atoms with Gasteiger partial charge in [-0.3, -0.25) is 9.40 Å². The summed E-state index contributed by atoms with van der Waals surface area (Å²) in [5.74, 6) is 0.111. The predicted molar refractivity (Wildman–Crippen MR) is 71.4 cm³/mol. The van der Waals surface area contributed by atoms with Crippen LogP contribution in [0.1, 0.15) is 0 Å². The van der Waals surface area contributed by atoms with Gasteiger partial charge in [0, 0.05) is 7.05 Å². The van der Waals surface area contributed by atoms with Gasteiger partial charge in [0.2, 0.25) is 0 Å². The molecule has 0 radical (unpaired) electrons. The first-order chi connectivity index (χ1) is 8.40. The molecule has 96 valence electrons. The molecule has 2 rings (SSSR count). The number of hydrogen-bond donors (Lipinski definition) is 1. The third-order valence-corrected chi connectivity index (χ3v) is 4.33. The Balaban J connectivity index is 2.37. The third-order valence-electron chi connectivity index (χ3n) is 1.98. The highest BCUT2D eigenvalue weighted by Crippen LogP contribution is 2.22. The molecule has 18 heavy (non-hydrogen) atoms. The highest BCUT2D eigenvalue weighted by Gasteiger charge is 2.20. The monoisotopic (exact) mass is 395 g/mol. The summed E-state index contributed by atoms with van der Waals surface area (Å²) in [6.45, 7) is 0. The van der Waals surface area contributed by atoms with Crippen molar-refractivity contribution < 1.29 is 8.42 Å². The van der Waals surface area contributed by atoms with Crippen LogP contribution in [0, 0.1) is 0 Å². The van der Waals surface area contributed by atoms with Crippen molar-refractivity contribution >= 4 is 47.7 Å². The lowest BCUT2D eigenvalue weighted by Crippen LogP contribution is -2.18. The summed E-state index contributed by atoms with van der Waals surface area (Å²) in [6, 6.07) is 1.39. The number of anilines is 1. The van der Waals surface area contributed by atoms with E-state index in [2.05, 4.69) is 51.6 Å². The lowest BCUT2D eigenvalue weighted by Gasteiger charge is -2.08.